The van der Waals surface area contributed by atoms with Crippen LogP contribution >= 0.6 is 11.8 Å². The molecule has 126 valence electrons. The van der Waals surface area contributed by atoms with Crippen molar-refractivity contribution in [2.45, 2.75) is 32.2 Å². The predicted octanol–water partition coefficient (Wildman–Crippen LogP) is -0.111. The van der Waals surface area contributed by atoms with Gasteiger partial charge in [-0.25, -0.2) is 4.98 Å². The number of aliphatic hydroxyl groups is 1. The monoisotopic (exact) mass is 339 g/mol. The number of aromatic nitrogens is 4. The van der Waals surface area contributed by atoms with Crippen molar-refractivity contribution in [3.8, 4) is 0 Å². The Morgan fingerprint density at radius 3 is 3.00 bits per heavy atom. The molecule has 23 heavy (non-hydrogen) atoms. The van der Waals surface area contributed by atoms with Gasteiger partial charge in [-0.15, -0.1) is 0 Å². The quantitative estimate of drug-likeness (QED) is 0.618. The summed E-state index contributed by atoms with van der Waals surface area (Å²) in [5, 5.41) is 14.9. The maximum Gasteiger partial charge on any atom is 0.274 e. The molecule has 2 heterocycles. The van der Waals surface area contributed by atoms with Crippen molar-refractivity contribution in [1.82, 2.24) is 24.9 Å². The highest BCUT2D eigenvalue weighted by atomic mass is 32.2. The van der Waals surface area contributed by atoms with E-state index in [1.807, 2.05) is 6.26 Å². The number of thioether (sulfide) groups is 1. The van der Waals surface area contributed by atoms with E-state index in [2.05, 4.69) is 20.4 Å². The lowest BCUT2D eigenvalue weighted by Crippen LogP contribution is -2.38. The number of fused-ring (bicyclic) bond motifs is 1. The van der Waals surface area contributed by atoms with E-state index >= 15 is 0 Å². The molecule has 8 nitrogen and oxygen atoms in total. The number of hydrogen-bond acceptors (Lipinski definition) is 6. The van der Waals surface area contributed by atoms with Crippen LogP contribution in [0.5, 0.6) is 0 Å². The van der Waals surface area contributed by atoms with Crippen LogP contribution < -0.4 is 10.9 Å². The third kappa shape index (κ3) is 4.80. The summed E-state index contributed by atoms with van der Waals surface area (Å²) in [6.45, 7) is 1.66. The Labute approximate surface area is 137 Å². The minimum Gasteiger partial charge on any atom is -0.394 e. The fourth-order valence-corrected chi connectivity index (χ4v) is 2.67. The molecule has 1 amide bonds. The van der Waals surface area contributed by atoms with E-state index in [0.717, 1.165) is 12.2 Å². The third-order valence-electron chi connectivity index (χ3n) is 3.35. The Kier molecular flexibility index (Phi) is 6.17. The number of aliphatic hydroxyl groups excluding tert-OH is 1. The molecule has 0 saturated heterocycles. The predicted molar refractivity (Wildman–Crippen MR) is 88.7 cm³/mol. The second-order valence-electron chi connectivity index (χ2n) is 5.27. The van der Waals surface area contributed by atoms with Gasteiger partial charge in [-0.2, -0.15) is 21.3 Å². The Hall–Kier alpha value is -1.87. The average molecular weight is 339 g/mol. The fraction of sp³-hybridized carbons (Fsp3) is 0.571. The van der Waals surface area contributed by atoms with Crippen LogP contribution in [0.4, 0.5) is 0 Å². The maximum atomic E-state index is 11.9. The first-order valence-electron chi connectivity index (χ1n) is 7.38. The van der Waals surface area contributed by atoms with Gasteiger partial charge < -0.3 is 10.4 Å². The number of amides is 1. The molecule has 1 atom stereocenters. The number of carbonyl (C=O) groups excluding carboxylic acids is 1. The standard InChI is InChI=1S/C14H21N5O3S/c1-9-7-13(22)19-14(15-9)17-11(18-19)3-4-12(21)16-10(8-20)5-6-23-2/h7,10,20H,3-6,8H2,1-2H3,(H,16,21)(H,15,17,18)/t10-/m1/s1. The topological polar surface area (TPSA) is 112 Å². The van der Waals surface area contributed by atoms with Gasteiger partial charge in [0.25, 0.3) is 11.3 Å². The Morgan fingerprint density at radius 1 is 1.52 bits per heavy atom. The SMILES string of the molecule is CSCC[C@H](CO)NC(=O)CCc1nc2nc(C)cc(=O)n2[nH]1. The number of carbonyl (C=O) groups is 1. The van der Waals surface area contributed by atoms with Crippen molar-refractivity contribution in [1.29, 1.82) is 0 Å². The molecule has 0 aliphatic heterocycles. The summed E-state index contributed by atoms with van der Waals surface area (Å²) in [6.07, 6.45) is 3.31. The van der Waals surface area contributed by atoms with Crippen LogP contribution in [0.1, 0.15) is 24.4 Å². The smallest absolute Gasteiger partial charge is 0.274 e. The van der Waals surface area contributed by atoms with E-state index in [0.29, 0.717) is 23.7 Å². The third-order valence-corrected chi connectivity index (χ3v) is 3.99. The Morgan fingerprint density at radius 2 is 2.30 bits per heavy atom. The van der Waals surface area contributed by atoms with Crippen molar-refractivity contribution in [2.24, 2.45) is 0 Å². The van der Waals surface area contributed by atoms with Gasteiger partial charge in [-0.05, 0) is 25.4 Å². The highest BCUT2D eigenvalue weighted by Gasteiger charge is 2.12. The largest absolute Gasteiger partial charge is 0.394 e. The highest BCUT2D eigenvalue weighted by Crippen LogP contribution is 2.03. The van der Waals surface area contributed by atoms with Gasteiger partial charge in [-0.1, -0.05) is 0 Å². The van der Waals surface area contributed by atoms with E-state index in [-0.39, 0.29) is 30.5 Å². The van der Waals surface area contributed by atoms with Crippen molar-refractivity contribution < 1.29 is 9.90 Å². The number of hydrogen-bond donors (Lipinski definition) is 3. The zero-order chi connectivity index (χ0) is 16.8. The number of aryl methyl sites for hydroxylation is 2. The molecule has 0 bridgehead atoms. The van der Waals surface area contributed by atoms with Crippen LogP contribution in [0.25, 0.3) is 5.78 Å². The minimum atomic E-state index is -0.229. The van der Waals surface area contributed by atoms with Gasteiger partial charge in [0, 0.05) is 24.6 Å². The summed E-state index contributed by atoms with van der Waals surface area (Å²) in [5.74, 6) is 1.56. The number of H-pyrrole nitrogens is 1. The van der Waals surface area contributed by atoms with Gasteiger partial charge >= 0.3 is 0 Å². The zero-order valence-electron chi connectivity index (χ0n) is 13.2. The van der Waals surface area contributed by atoms with E-state index in [4.69, 9.17) is 0 Å². The Balaban J connectivity index is 1.94. The molecule has 2 rings (SSSR count). The van der Waals surface area contributed by atoms with Gasteiger partial charge in [0.2, 0.25) is 5.91 Å². The van der Waals surface area contributed by atoms with Crippen LogP contribution in [0.15, 0.2) is 10.9 Å². The first-order chi connectivity index (χ1) is 11.0. The average Bonchev–Trinajstić information content (AvgIpc) is 2.92. The molecule has 2 aromatic rings. The molecular formula is C14H21N5O3S. The van der Waals surface area contributed by atoms with E-state index in [9.17, 15) is 14.7 Å². The van der Waals surface area contributed by atoms with Gasteiger partial charge in [0.1, 0.15) is 5.82 Å². The molecule has 0 saturated carbocycles. The van der Waals surface area contributed by atoms with Crippen LogP contribution in [0.2, 0.25) is 0 Å². The van der Waals surface area contributed by atoms with E-state index in [1.165, 1.54) is 10.6 Å². The summed E-state index contributed by atoms with van der Waals surface area (Å²) in [7, 11) is 0. The molecule has 0 aromatic carbocycles. The van der Waals surface area contributed by atoms with E-state index < -0.39 is 0 Å². The summed E-state index contributed by atoms with van der Waals surface area (Å²) < 4.78 is 1.26. The molecule has 0 spiro atoms. The van der Waals surface area contributed by atoms with Crippen molar-refractivity contribution in [2.75, 3.05) is 18.6 Å². The molecule has 9 heteroatoms. The highest BCUT2D eigenvalue weighted by molar-refractivity contribution is 7.98. The summed E-state index contributed by atoms with van der Waals surface area (Å²) >= 11 is 1.67. The molecule has 0 fully saturated rings. The van der Waals surface area contributed by atoms with E-state index in [1.54, 1.807) is 18.7 Å². The molecule has 0 aliphatic carbocycles. The number of nitrogens with zero attached hydrogens (tertiary/aromatic N) is 3. The second kappa shape index (κ2) is 8.11. The fourth-order valence-electron chi connectivity index (χ4n) is 2.15. The minimum absolute atomic E-state index is 0.0739. The summed E-state index contributed by atoms with van der Waals surface area (Å²) in [6, 6.07) is 1.19. The maximum absolute atomic E-state index is 11.9. The summed E-state index contributed by atoms with van der Waals surface area (Å²) in [5.41, 5.74) is 0.374. The van der Waals surface area contributed by atoms with Gasteiger partial charge in [0.05, 0.1) is 12.6 Å². The number of nitrogens with one attached hydrogen (secondary N) is 2. The number of rotatable bonds is 8. The van der Waals surface area contributed by atoms with Crippen LogP contribution in [0, 0.1) is 6.92 Å². The summed E-state index contributed by atoms with van der Waals surface area (Å²) in [4.78, 5) is 32.1. The van der Waals surface area contributed by atoms with Gasteiger partial charge in [-0.3, -0.25) is 14.7 Å². The molecule has 3 N–H and O–H groups in total. The first kappa shape index (κ1) is 17.5. The molecule has 0 aliphatic rings. The molecule has 2 aromatic heterocycles. The lowest BCUT2D eigenvalue weighted by molar-refractivity contribution is -0.122. The lowest BCUT2D eigenvalue weighted by Gasteiger charge is -2.15. The van der Waals surface area contributed by atoms with Crippen LogP contribution in [0.3, 0.4) is 0 Å². The van der Waals surface area contributed by atoms with Crippen LogP contribution in [-0.2, 0) is 11.2 Å². The Bertz CT molecular complexity index is 727. The lowest BCUT2D eigenvalue weighted by atomic mass is 10.2. The molecule has 0 unspecified atom stereocenters. The second-order valence-corrected chi connectivity index (χ2v) is 6.26. The molecule has 0 radical (unpaired) electrons. The zero-order valence-corrected chi connectivity index (χ0v) is 14.0. The van der Waals surface area contributed by atoms with Crippen molar-refractivity contribution >= 4 is 23.4 Å². The van der Waals surface area contributed by atoms with Crippen molar-refractivity contribution in [3.05, 3.63) is 27.9 Å². The normalized spacial score (nSPS) is 12.5. The van der Waals surface area contributed by atoms with Gasteiger partial charge in [0.15, 0.2) is 0 Å². The number of aromatic amines is 1. The van der Waals surface area contributed by atoms with Crippen LogP contribution in [-0.4, -0.2) is 55.3 Å². The first-order valence-corrected chi connectivity index (χ1v) is 8.77. The molecular weight excluding hydrogens is 318 g/mol. The van der Waals surface area contributed by atoms with Crippen molar-refractivity contribution in [3.63, 3.8) is 0 Å².